The molecular formula is C11H23NO2. The van der Waals surface area contributed by atoms with Crippen molar-refractivity contribution >= 4 is 0 Å². The van der Waals surface area contributed by atoms with Crippen LogP contribution in [0.2, 0.25) is 0 Å². The lowest BCUT2D eigenvalue weighted by molar-refractivity contribution is 0.0922. The number of hydrogen-bond acceptors (Lipinski definition) is 3. The molecule has 0 aromatic carbocycles. The number of nitrogens with one attached hydrogen (secondary N) is 1. The van der Waals surface area contributed by atoms with Crippen molar-refractivity contribution < 1.29 is 9.84 Å². The van der Waals surface area contributed by atoms with Gasteiger partial charge >= 0.3 is 0 Å². The molecule has 1 fully saturated rings. The topological polar surface area (TPSA) is 41.5 Å². The van der Waals surface area contributed by atoms with Gasteiger partial charge in [-0.1, -0.05) is 19.8 Å². The lowest BCUT2D eigenvalue weighted by Gasteiger charge is -2.16. The highest BCUT2D eigenvalue weighted by Gasteiger charge is 2.24. The molecule has 0 saturated heterocycles. The van der Waals surface area contributed by atoms with E-state index in [1.807, 2.05) is 0 Å². The average molecular weight is 201 g/mol. The summed E-state index contributed by atoms with van der Waals surface area (Å²) in [6, 6.07) is 0.667. The highest BCUT2D eigenvalue weighted by atomic mass is 16.5. The van der Waals surface area contributed by atoms with Gasteiger partial charge in [-0.2, -0.15) is 0 Å². The Morgan fingerprint density at radius 3 is 2.79 bits per heavy atom. The van der Waals surface area contributed by atoms with E-state index in [-0.39, 0.29) is 6.61 Å². The van der Waals surface area contributed by atoms with E-state index >= 15 is 0 Å². The van der Waals surface area contributed by atoms with Gasteiger partial charge in [-0.3, -0.25) is 0 Å². The van der Waals surface area contributed by atoms with Crippen molar-refractivity contribution in [2.24, 2.45) is 5.92 Å². The number of rotatable bonds is 9. The van der Waals surface area contributed by atoms with E-state index < -0.39 is 0 Å². The Kier molecular flexibility index (Phi) is 6.15. The molecule has 0 amide bonds. The maximum Gasteiger partial charge on any atom is 0.0698 e. The second-order valence-corrected chi connectivity index (χ2v) is 4.07. The Hall–Kier alpha value is -0.120. The normalized spacial score (nSPS) is 18.4. The molecule has 0 aliphatic heterocycles. The van der Waals surface area contributed by atoms with Crippen LogP contribution in [0.5, 0.6) is 0 Å². The first-order chi connectivity index (χ1) is 6.86. The van der Waals surface area contributed by atoms with E-state index in [0.29, 0.717) is 19.3 Å². The van der Waals surface area contributed by atoms with Gasteiger partial charge in [0.1, 0.15) is 0 Å². The summed E-state index contributed by atoms with van der Waals surface area (Å²) in [6.07, 6.45) is 5.39. The average Bonchev–Trinajstić information content (AvgIpc) is 2.99. The standard InChI is InChI=1S/C11H23NO2/c1-2-11(9-10-3-4-10)12-5-7-14-8-6-13/h10-13H,2-9H2,1H3. The summed E-state index contributed by atoms with van der Waals surface area (Å²) in [6.45, 7) is 4.43. The lowest BCUT2D eigenvalue weighted by atomic mass is 10.1. The molecule has 14 heavy (non-hydrogen) atoms. The van der Waals surface area contributed by atoms with Gasteiger partial charge in [-0.05, 0) is 18.8 Å². The van der Waals surface area contributed by atoms with Crippen molar-refractivity contribution in [3.8, 4) is 0 Å². The Morgan fingerprint density at radius 2 is 2.21 bits per heavy atom. The van der Waals surface area contributed by atoms with E-state index in [4.69, 9.17) is 9.84 Å². The van der Waals surface area contributed by atoms with Gasteiger partial charge in [0.25, 0.3) is 0 Å². The smallest absolute Gasteiger partial charge is 0.0698 e. The van der Waals surface area contributed by atoms with Gasteiger partial charge < -0.3 is 15.2 Å². The van der Waals surface area contributed by atoms with Crippen LogP contribution in [0.25, 0.3) is 0 Å². The second-order valence-electron chi connectivity index (χ2n) is 4.07. The van der Waals surface area contributed by atoms with Crippen molar-refractivity contribution in [1.29, 1.82) is 0 Å². The first-order valence-electron chi connectivity index (χ1n) is 5.78. The largest absolute Gasteiger partial charge is 0.394 e. The highest BCUT2D eigenvalue weighted by Crippen LogP contribution is 2.33. The fraction of sp³-hybridized carbons (Fsp3) is 1.00. The van der Waals surface area contributed by atoms with Crippen LogP contribution < -0.4 is 5.32 Å². The zero-order valence-corrected chi connectivity index (χ0v) is 9.17. The lowest BCUT2D eigenvalue weighted by Crippen LogP contribution is -2.32. The van der Waals surface area contributed by atoms with Crippen molar-refractivity contribution in [2.75, 3.05) is 26.4 Å². The third kappa shape index (κ3) is 5.58. The Morgan fingerprint density at radius 1 is 1.43 bits per heavy atom. The first-order valence-corrected chi connectivity index (χ1v) is 5.78. The zero-order chi connectivity index (χ0) is 10.2. The summed E-state index contributed by atoms with van der Waals surface area (Å²) in [5, 5.41) is 12.0. The first kappa shape index (κ1) is 12.0. The van der Waals surface area contributed by atoms with Crippen LogP contribution in [0.3, 0.4) is 0 Å². The van der Waals surface area contributed by atoms with Crippen LogP contribution in [-0.4, -0.2) is 37.5 Å². The van der Waals surface area contributed by atoms with E-state index in [9.17, 15) is 0 Å². The van der Waals surface area contributed by atoms with Crippen molar-refractivity contribution in [1.82, 2.24) is 5.32 Å². The molecule has 1 aliphatic carbocycles. The van der Waals surface area contributed by atoms with Crippen LogP contribution >= 0.6 is 0 Å². The molecule has 3 nitrogen and oxygen atoms in total. The number of aliphatic hydroxyl groups is 1. The third-order valence-electron chi connectivity index (χ3n) is 2.72. The van der Waals surface area contributed by atoms with Crippen LogP contribution in [0.1, 0.15) is 32.6 Å². The van der Waals surface area contributed by atoms with Crippen molar-refractivity contribution in [3.63, 3.8) is 0 Å². The predicted octanol–water partition coefficient (Wildman–Crippen LogP) is 1.16. The quantitative estimate of drug-likeness (QED) is 0.550. The van der Waals surface area contributed by atoms with Crippen LogP contribution in [0.15, 0.2) is 0 Å². The summed E-state index contributed by atoms with van der Waals surface area (Å²) in [4.78, 5) is 0. The molecule has 0 heterocycles. The van der Waals surface area contributed by atoms with E-state index in [2.05, 4.69) is 12.2 Å². The summed E-state index contributed by atoms with van der Waals surface area (Å²) in [7, 11) is 0. The van der Waals surface area contributed by atoms with Crippen molar-refractivity contribution in [2.45, 2.75) is 38.6 Å². The molecule has 0 radical (unpaired) electrons. The fourth-order valence-corrected chi connectivity index (χ4v) is 1.65. The molecule has 0 bridgehead atoms. The zero-order valence-electron chi connectivity index (χ0n) is 9.17. The molecule has 2 N–H and O–H groups in total. The highest BCUT2D eigenvalue weighted by molar-refractivity contribution is 4.79. The summed E-state index contributed by atoms with van der Waals surface area (Å²) < 4.78 is 5.19. The molecule has 1 atom stereocenters. The Labute approximate surface area is 86.8 Å². The fourth-order valence-electron chi connectivity index (χ4n) is 1.65. The molecule has 0 spiro atoms. The monoisotopic (exact) mass is 201 g/mol. The molecule has 1 rings (SSSR count). The molecular weight excluding hydrogens is 178 g/mol. The van der Waals surface area contributed by atoms with E-state index in [1.165, 1.54) is 25.7 Å². The van der Waals surface area contributed by atoms with Gasteiger partial charge in [0, 0.05) is 12.6 Å². The Balaban J connectivity index is 1.90. The van der Waals surface area contributed by atoms with Gasteiger partial charge in [-0.15, -0.1) is 0 Å². The maximum absolute atomic E-state index is 8.50. The molecule has 1 unspecified atom stereocenters. The van der Waals surface area contributed by atoms with E-state index in [0.717, 1.165) is 12.5 Å². The molecule has 0 aromatic rings. The molecule has 3 heteroatoms. The number of ether oxygens (including phenoxy) is 1. The predicted molar refractivity (Wildman–Crippen MR) is 57.3 cm³/mol. The minimum Gasteiger partial charge on any atom is -0.394 e. The van der Waals surface area contributed by atoms with Crippen molar-refractivity contribution in [3.05, 3.63) is 0 Å². The summed E-state index contributed by atoms with van der Waals surface area (Å²) in [5.41, 5.74) is 0. The van der Waals surface area contributed by atoms with Crippen LogP contribution in [0, 0.1) is 5.92 Å². The minimum absolute atomic E-state index is 0.124. The molecule has 1 saturated carbocycles. The Bertz CT molecular complexity index is 137. The van der Waals surface area contributed by atoms with Gasteiger partial charge in [0.05, 0.1) is 19.8 Å². The maximum atomic E-state index is 8.50. The van der Waals surface area contributed by atoms with Crippen LogP contribution in [0.4, 0.5) is 0 Å². The molecule has 0 aromatic heterocycles. The van der Waals surface area contributed by atoms with Gasteiger partial charge in [-0.25, -0.2) is 0 Å². The van der Waals surface area contributed by atoms with Crippen LogP contribution in [-0.2, 0) is 4.74 Å². The van der Waals surface area contributed by atoms with Gasteiger partial charge in [0.15, 0.2) is 0 Å². The van der Waals surface area contributed by atoms with Gasteiger partial charge in [0.2, 0.25) is 0 Å². The molecule has 84 valence electrons. The third-order valence-corrected chi connectivity index (χ3v) is 2.72. The number of aliphatic hydroxyl groups excluding tert-OH is 1. The SMILES string of the molecule is CCC(CC1CC1)NCCOCCO. The summed E-state index contributed by atoms with van der Waals surface area (Å²) in [5.74, 6) is 0.991. The number of hydrogen-bond donors (Lipinski definition) is 2. The molecule has 1 aliphatic rings. The van der Waals surface area contributed by atoms with E-state index in [1.54, 1.807) is 0 Å². The minimum atomic E-state index is 0.124. The second kappa shape index (κ2) is 7.21. The summed E-state index contributed by atoms with van der Waals surface area (Å²) >= 11 is 0.